The number of hydrogen-bond acceptors (Lipinski definition) is 2. The van der Waals surface area contributed by atoms with Crippen molar-refractivity contribution in [1.29, 1.82) is 5.26 Å². The van der Waals surface area contributed by atoms with Gasteiger partial charge in [0, 0.05) is 0 Å². The Bertz CT molecular complexity index is 365. The standard InChI is InChI=1S/C14H23NOSi/c1-17(2,3)16-14-7-11-4-12(8-14)6-13(5-11,9-14)10-15/h11-12H,4-9H2,1-3H3/t11-,12+,13?,14?. The van der Waals surface area contributed by atoms with Crippen molar-refractivity contribution in [2.75, 3.05) is 0 Å². The van der Waals surface area contributed by atoms with Crippen LogP contribution in [0.15, 0.2) is 0 Å². The summed E-state index contributed by atoms with van der Waals surface area (Å²) in [4.78, 5) is 0. The molecule has 0 amide bonds. The molecule has 4 aliphatic carbocycles. The highest BCUT2D eigenvalue weighted by Gasteiger charge is 2.59. The van der Waals surface area contributed by atoms with E-state index in [4.69, 9.17) is 4.43 Å². The molecule has 0 aromatic heterocycles. The van der Waals surface area contributed by atoms with E-state index >= 15 is 0 Å². The van der Waals surface area contributed by atoms with Crippen LogP contribution in [0.3, 0.4) is 0 Å². The first kappa shape index (κ1) is 11.7. The van der Waals surface area contributed by atoms with Gasteiger partial charge in [-0.25, -0.2) is 0 Å². The maximum Gasteiger partial charge on any atom is 0.184 e. The first-order chi connectivity index (χ1) is 7.84. The molecule has 0 aromatic carbocycles. The Balaban J connectivity index is 1.90. The minimum atomic E-state index is -1.50. The van der Waals surface area contributed by atoms with Gasteiger partial charge >= 0.3 is 0 Å². The molecule has 4 atom stereocenters. The summed E-state index contributed by atoms with van der Waals surface area (Å²) < 4.78 is 6.55. The first-order valence-electron chi connectivity index (χ1n) is 6.95. The van der Waals surface area contributed by atoms with Crippen LogP contribution in [0.4, 0.5) is 0 Å². The summed E-state index contributed by atoms with van der Waals surface area (Å²) in [5.74, 6) is 1.54. The second-order valence-corrected chi connectivity index (χ2v) is 12.2. The number of rotatable bonds is 2. The Morgan fingerprint density at radius 1 is 1.12 bits per heavy atom. The highest BCUT2D eigenvalue weighted by atomic mass is 28.4. The van der Waals surface area contributed by atoms with Gasteiger partial charge in [0.2, 0.25) is 0 Å². The van der Waals surface area contributed by atoms with Crippen LogP contribution in [0.1, 0.15) is 38.5 Å². The number of hydrogen-bond donors (Lipinski definition) is 0. The number of nitrogens with zero attached hydrogens (tertiary/aromatic N) is 1. The molecule has 4 bridgehead atoms. The van der Waals surface area contributed by atoms with Crippen LogP contribution in [-0.4, -0.2) is 13.9 Å². The van der Waals surface area contributed by atoms with E-state index in [1.807, 2.05) is 0 Å². The highest BCUT2D eigenvalue weighted by Crippen LogP contribution is 2.62. The zero-order valence-electron chi connectivity index (χ0n) is 11.3. The molecule has 4 saturated carbocycles. The molecule has 2 unspecified atom stereocenters. The van der Waals surface area contributed by atoms with E-state index in [2.05, 4.69) is 25.7 Å². The van der Waals surface area contributed by atoms with Crippen LogP contribution in [0, 0.1) is 28.6 Å². The molecule has 0 radical (unpaired) electrons. The van der Waals surface area contributed by atoms with Crippen molar-refractivity contribution in [2.45, 2.75) is 63.8 Å². The van der Waals surface area contributed by atoms with Gasteiger partial charge < -0.3 is 4.43 Å². The fourth-order valence-electron chi connectivity index (χ4n) is 5.08. The average molecular weight is 249 g/mol. The lowest BCUT2D eigenvalue weighted by Gasteiger charge is -2.60. The summed E-state index contributed by atoms with van der Waals surface area (Å²) in [6.45, 7) is 6.85. The SMILES string of the molecule is C[Si](C)(C)OC12C[C@@H]3C[C@@H](CC(C#N)(C3)C1)C2. The Kier molecular flexibility index (Phi) is 2.32. The van der Waals surface area contributed by atoms with Gasteiger partial charge in [-0.05, 0) is 70.0 Å². The van der Waals surface area contributed by atoms with Crippen molar-refractivity contribution in [3.63, 3.8) is 0 Å². The fraction of sp³-hybridized carbons (Fsp3) is 0.929. The van der Waals surface area contributed by atoms with E-state index < -0.39 is 8.32 Å². The molecule has 4 rings (SSSR count). The van der Waals surface area contributed by atoms with Crippen molar-refractivity contribution in [3.05, 3.63) is 0 Å². The van der Waals surface area contributed by atoms with Crippen LogP contribution >= 0.6 is 0 Å². The molecule has 0 saturated heterocycles. The zero-order chi connectivity index (χ0) is 12.3. The van der Waals surface area contributed by atoms with Crippen LogP contribution in [0.5, 0.6) is 0 Å². The second-order valence-electron chi connectivity index (χ2n) is 7.75. The molecular weight excluding hydrogens is 226 g/mol. The largest absolute Gasteiger partial charge is 0.412 e. The van der Waals surface area contributed by atoms with Crippen molar-refractivity contribution in [3.8, 4) is 6.07 Å². The van der Waals surface area contributed by atoms with E-state index in [-0.39, 0.29) is 11.0 Å². The summed E-state index contributed by atoms with van der Waals surface area (Å²) in [7, 11) is -1.50. The van der Waals surface area contributed by atoms with E-state index in [0.29, 0.717) is 0 Å². The van der Waals surface area contributed by atoms with Gasteiger partial charge in [0.25, 0.3) is 0 Å². The first-order valence-corrected chi connectivity index (χ1v) is 10.4. The Labute approximate surface area is 105 Å². The van der Waals surface area contributed by atoms with Crippen LogP contribution in [0.25, 0.3) is 0 Å². The third-order valence-corrected chi connectivity index (χ3v) is 5.81. The van der Waals surface area contributed by atoms with E-state index in [1.165, 1.54) is 19.3 Å². The molecular formula is C14H23NOSi. The fourth-order valence-corrected chi connectivity index (χ4v) is 6.62. The van der Waals surface area contributed by atoms with Gasteiger partial charge in [-0.1, -0.05) is 0 Å². The molecule has 4 aliphatic rings. The molecule has 0 heterocycles. The molecule has 94 valence electrons. The molecule has 0 N–H and O–H groups in total. The summed E-state index contributed by atoms with van der Waals surface area (Å²) in [6.07, 6.45) is 7.15. The average Bonchev–Trinajstić information content (AvgIpc) is 2.11. The van der Waals surface area contributed by atoms with Gasteiger partial charge in [-0.3, -0.25) is 0 Å². The van der Waals surface area contributed by atoms with E-state index in [1.54, 1.807) is 0 Å². The lowest BCUT2D eigenvalue weighted by molar-refractivity contribution is -0.134. The maximum atomic E-state index is 9.55. The smallest absolute Gasteiger partial charge is 0.184 e. The van der Waals surface area contributed by atoms with Gasteiger partial charge in [0.05, 0.1) is 17.1 Å². The minimum absolute atomic E-state index is 0.0241. The van der Waals surface area contributed by atoms with Crippen LogP contribution in [-0.2, 0) is 4.43 Å². The maximum absolute atomic E-state index is 9.55. The van der Waals surface area contributed by atoms with Crippen molar-refractivity contribution < 1.29 is 4.43 Å². The quantitative estimate of drug-likeness (QED) is 0.699. The third-order valence-electron chi connectivity index (χ3n) is 4.77. The third kappa shape index (κ3) is 1.96. The summed E-state index contributed by atoms with van der Waals surface area (Å²) in [6, 6.07) is 2.66. The lowest BCUT2D eigenvalue weighted by atomic mass is 9.48. The summed E-state index contributed by atoms with van der Waals surface area (Å²) >= 11 is 0. The van der Waals surface area contributed by atoms with Gasteiger partial charge in [-0.15, -0.1) is 0 Å². The Morgan fingerprint density at radius 3 is 2.18 bits per heavy atom. The Hall–Kier alpha value is -0.333. The Morgan fingerprint density at radius 2 is 1.71 bits per heavy atom. The molecule has 3 heteroatoms. The summed E-state index contributed by atoms with van der Waals surface area (Å²) in [5, 5.41) is 9.55. The van der Waals surface area contributed by atoms with Gasteiger partial charge in [0.1, 0.15) is 0 Å². The number of nitriles is 1. The molecule has 4 fully saturated rings. The monoisotopic (exact) mass is 249 g/mol. The normalized spacial score (nSPS) is 48.1. The van der Waals surface area contributed by atoms with Crippen molar-refractivity contribution in [1.82, 2.24) is 0 Å². The van der Waals surface area contributed by atoms with Gasteiger partial charge in [-0.2, -0.15) is 5.26 Å². The zero-order valence-corrected chi connectivity index (χ0v) is 12.3. The molecule has 0 aliphatic heterocycles. The van der Waals surface area contributed by atoms with Crippen LogP contribution in [0.2, 0.25) is 19.6 Å². The predicted octanol–water partition coefficient (Wildman–Crippen LogP) is 3.70. The minimum Gasteiger partial charge on any atom is -0.412 e. The molecule has 17 heavy (non-hydrogen) atoms. The topological polar surface area (TPSA) is 33.0 Å². The van der Waals surface area contributed by atoms with E-state index in [9.17, 15) is 5.26 Å². The molecule has 0 spiro atoms. The predicted molar refractivity (Wildman–Crippen MR) is 69.9 cm³/mol. The summed E-state index contributed by atoms with van der Waals surface area (Å²) in [5.41, 5.74) is 0.0635. The lowest BCUT2D eigenvalue weighted by Crippen LogP contribution is -2.59. The molecule has 2 nitrogen and oxygen atoms in total. The van der Waals surface area contributed by atoms with Crippen molar-refractivity contribution >= 4 is 8.32 Å². The van der Waals surface area contributed by atoms with Crippen LogP contribution < -0.4 is 0 Å². The second kappa shape index (κ2) is 3.36. The molecule has 0 aromatic rings. The van der Waals surface area contributed by atoms with E-state index in [0.717, 1.165) is 31.1 Å². The van der Waals surface area contributed by atoms with Crippen molar-refractivity contribution in [2.24, 2.45) is 17.3 Å². The van der Waals surface area contributed by atoms with Gasteiger partial charge in [0.15, 0.2) is 8.32 Å². The highest BCUT2D eigenvalue weighted by molar-refractivity contribution is 6.69.